The van der Waals surface area contributed by atoms with Crippen molar-refractivity contribution in [3.63, 3.8) is 0 Å². The van der Waals surface area contributed by atoms with Gasteiger partial charge in [0.25, 0.3) is 5.91 Å². The van der Waals surface area contributed by atoms with Crippen LogP contribution < -0.4 is 4.74 Å². The van der Waals surface area contributed by atoms with Crippen LogP contribution in [0.4, 0.5) is 0 Å². The Morgan fingerprint density at radius 2 is 1.88 bits per heavy atom. The summed E-state index contributed by atoms with van der Waals surface area (Å²) < 4.78 is 4.99. The molecule has 3 rings (SSSR count). The molecule has 1 heterocycles. The number of ether oxygens (including phenoxy) is 1. The summed E-state index contributed by atoms with van der Waals surface area (Å²) in [5, 5.41) is 19.4. The van der Waals surface area contributed by atoms with E-state index in [0.717, 1.165) is 5.56 Å². The highest BCUT2D eigenvalue weighted by Crippen LogP contribution is 2.37. The minimum absolute atomic E-state index is 0.0115. The highest BCUT2D eigenvalue weighted by molar-refractivity contribution is 6.15. The minimum atomic E-state index is -0.368. The summed E-state index contributed by atoms with van der Waals surface area (Å²) in [4.78, 5) is 26.0. The largest absolute Gasteiger partial charge is 0.504 e. The lowest BCUT2D eigenvalue weighted by atomic mass is 10.1. The third kappa shape index (κ3) is 3.54. The summed E-state index contributed by atoms with van der Waals surface area (Å²) in [5.41, 5.74) is 1.87. The van der Waals surface area contributed by atoms with Crippen molar-refractivity contribution >= 4 is 17.9 Å². The summed E-state index contributed by atoms with van der Waals surface area (Å²) in [6, 6.07) is 12.5. The van der Waals surface area contributed by atoms with Crippen molar-refractivity contribution in [1.29, 1.82) is 0 Å². The molecule has 2 aromatic rings. The van der Waals surface area contributed by atoms with Gasteiger partial charge in [0.05, 0.1) is 13.5 Å². The van der Waals surface area contributed by atoms with E-state index in [9.17, 15) is 19.8 Å². The van der Waals surface area contributed by atoms with E-state index in [4.69, 9.17) is 4.74 Å². The maximum atomic E-state index is 12.5. The monoisotopic (exact) mass is 353 g/mol. The van der Waals surface area contributed by atoms with Gasteiger partial charge in [-0.1, -0.05) is 30.3 Å². The third-order valence-corrected chi connectivity index (χ3v) is 4.27. The summed E-state index contributed by atoms with van der Waals surface area (Å²) in [5.74, 6) is -1.21. The number of imide groups is 1. The Hall–Kier alpha value is -3.28. The normalized spacial score (nSPS) is 15.7. The molecule has 6 heteroatoms. The van der Waals surface area contributed by atoms with Crippen LogP contribution in [0.1, 0.15) is 17.5 Å². The van der Waals surface area contributed by atoms with Gasteiger partial charge in [0, 0.05) is 12.1 Å². The van der Waals surface area contributed by atoms with Gasteiger partial charge in [0.1, 0.15) is 0 Å². The number of amides is 2. The molecular weight excluding hydrogens is 334 g/mol. The number of carbonyl (C=O) groups is 2. The van der Waals surface area contributed by atoms with Crippen molar-refractivity contribution in [2.75, 3.05) is 13.7 Å². The van der Waals surface area contributed by atoms with Crippen LogP contribution in [-0.4, -0.2) is 40.6 Å². The minimum Gasteiger partial charge on any atom is -0.504 e. The molecule has 6 nitrogen and oxygen atoms in total. The standard InChI is InChI=1S/C20H19NO5/c1-26-17-11-14(10-16(22)19(17)24)9-15-12-18(23)21(20(15)25)8-7-13-5-3-2-4-6-13/h2-6,9-11,22,24H,7-8,12H2,1H3. The quantitative estimate of drug-likeness (QED) is 0.490. The lowest BCUT2D eigenvalue weighted by Gasteiger charge is -2.13. The van der Waals surface area contributed by atoms with Crippen LogP contribution in [-0.2, 0) is 16.0 Å². The summed E-state index contributed by atoms with van der Waals surface area (Å²) in [6.07, 6.45) is 2.14. The van der Waals surface area contributed by atoms with Gasteiger partial charge in [0.2, 0.25) is 11.7 Å². The van der Waals surface area contributed by atoms with E-state index in [1.807, 2.05) is 30.3 Å². The first-order valence-corrected chi connectivity index (χ1v) is 8.18. The van der Waals surface area contributed by atoms with Gasteiger partial charge in [-0.15, -0.1) is 0 Å². The van der Waals surface area contributed by atoms with E-state index in [0.29, 0.717) is 24.1 Å². The van der Waals surface area contributed by atoms with E-state index in [-0.39, 0.29) is 35.5 Å². The van der Waals surface area contributed by atoms with Gasteiger partial charge in [-0.3, -0.25) is 14.5 Å². The Morgan fingerprint density at radius 3 is 2.58 bits per heavy atom. The molecule has 2 amide bonds. The molecular formula is C20H19NO5. The first kappa shape index (κ1) is 17.5. The van der Waals surface area contributed by atoms with Gasteiger partial charge in [0.15, 0.2) is 11.5 Å². The van der Waals surface area contributed by atoms with Gasteiger partial charge in [-0.2, -0.15) is 0 Å². The van der Waals surface area contributed by atoms with Gasteiger partial charge in [-0.25, -0.2) is 0 Å². The number of aromatic hydroxyl groups is 2. The molecule has 0 bridgehead atoms. The Balaban J connectivity index is 1.78. The van der Waals surface area contributed by atoms with Crippen molar-refractivity contribution in [2.45, 2.75) is 12.8 Å². The van der Waals surface area contributed by atoms with Gasteiger partial charge >= 0.3 is 0 Å². The predicted octanol–water partition coefficient (Wildman–Crippen LogP) is 2.49. The van der Waals surface area contributed by atoms with Gasteiger partial charge < -0.3 is 14.9 Å². The number of carbonyl (C=O) groups excluding carboxylic acids is 2. The number of hydrogen-bond donors (Lipinski definition) is 2. The third-order valence-electron chi connectivity index (χ3n) is 4.27. The Bertz CT molecular complexity index is 873. The summed E-state index contributed by atoms with van der Waals surface area (Å²) in [7, 11) is 1.36. The molecule has 0 aromatic heterocycles. The van der Waals surface area contributed by atoms with Crippen LogP contribution in [0.25, 0.3) is 6.08 Å². The fraction of sp³-hybridized carbons (Fsp3) is 0.200. The van der Waals surface area contributed by atoms with Crippen LogP contribution >= 0.6 is 0 Å². The molecule has 0 unspecified atom stereocenters. The number of nitrogens with zero attached hydrogens (tertiary/aromatic N) is 1. The number of phenolic OH excluding ortho intramolecular Hbond substituents is 2. The first-order chi connectivity index (χ1) is 12.5. The van der Waals surface area contributed by atoms with Crippen molar-refractivity contribution in [1.82, 2.24) is 4.90 Å². The van der Waals surface area contributed by atoms with Crippen molar-refractivity contribution in [3.8, 4) is 17.2 Å². The second kappa shape index (κ2) is 7.31. The number of rotatable bonds is 5. The van der Waals surface area contributed by atoms with Crippen LogP contribution in [0.5, 0.6) is 17.2 Å². The maximum Gasteiger partial charge on any atom is 0.256 e. The molecule has 2 N–H and O–H groups in total. The highest BCUT2D eigenvalue weighted by atomic mass is 16.5. The fourth-order valence-electron chi connectivity index (χ4n) is 2.90. The molecule has 2 aromatic carbocycles. The average Bonchev–Trinajstić information content (AvgIpc) is 2.90. The van der Waals surface area contributed by atoms with Crippen LogP contribution in [0.15, 0.2) is 48.0 Å². The number of benzene rings is 2. The number of methoxy groups -OCH3 is 1. The van der Waals surface area contributed by atoms with E-state index < -0.39 is 0 Å². The predicted molar refractivity (Wildman–Crippen MR) is 95.8 cm³/mol. The molecule has 1 aliphatic heterocycles. The number of hydrogen-bond acceptors (Lipinski definition) is 5. The Kier molecular flexibility index (Phi) is 4.93. The smallest absolute Gasteiger partial charge is 0.256 e. The lowest BCUT2D eigenvalue weighted by molar-refractivity contribution is -0.137. The molecule has 1 saturated heterocycles. The maximum absolute atomic E-state index is 12.5. The highest BCUT2D eigenvalue weighted by Gasteiger charge is 2.33. The second-order valence-electron chi connectivity index (χ2n) is 6.02. The van der Waals surface area contributed by atoms with E-state index in [1.54, 1.807) is 0 Å². The van der Waals surface area contributed by atoms with Crippen molar-refractivity contribution in [2.24, 2.45) is 0 Å². The average molecular weight is 353 g/mol. The first-order valence-electron chi connectivity index (χ1n) is 8.18. The fourth-order valence-corrected chi connectivity index (χ4v) is 2.90. The topological polar surface area (TPSA) is 87.1 Å². The zero-order valence-corrected chi connectivity index (χ0v) is 14.3. The zero-order chi connectivity index (χ0) is 18.7. The summed E-state index contributed by atoms with van der Waals surface area (Å²) >= 11 is 0. The Morgan fingerprint density at radius 1 is 1.15 bits per heavy atom. The van der Waals surface area contributed by atoms with Crippen molar-refractivity contribution in [3.05, 3.63) is 59.2 Å². The van der Waals surface area contributed by atoms with E-state index in [1.165, 1.54) is 30.2 Å². The lowest BCUT2D eigenvalue weighted by Crippen LogP contribution is -2.31. The molecule has 1 aliphatic rings. The molecule has 0 atom stereocenters. The molecule has 0 aliphatic carbocycles. The molecule has 26 heavy (non-hydrogen) atoms. The summed E-state index contributed by atoms with van der Waals surface area (Å²) in [6.45, 7) is 0.323. The molecule has 0 spiro atoms. The van der Waals surface area contributed by atoms with Crippen LogP contribution in [0.3, 0.4) is 0 Å². The SMILES string of the molecule is COc1cc(C=C2CC(=O)N(CCc3ccccc3)C2=O)cc(O)c1O. The molecule has 1 fully saturated rings. The van der Waals surface area contributed by atoms with E-state index in [2.05, 4.69) is 0 Å². The number of phenols is 2. The van der Waals surface area contributed by atoms with Crippen LogP contribution in [0, 0.1) is 0 Å². The van der Waals surface area contributed by atoms with Gasteiger partial charge in [-0.05, 0) is 35.8 Å². The van der Waals surface area contributed by atoms with Crippen LogP contribution in [0.2, 0.25) is 0 Å². The van der Waals surface area contributed by atoms with Crippen molar-refractivity contribution < 1.29 is 24.5 Å². The molecule has 0 radical (unpaired) electrons. The second-order valence-corrected chi connectivity index (χ2v) is 6.02. The Labute approximate surface area is 150 Å². The van der Waals surface area contributed by atoms with E-state index >= 15 is 0 Å². The number of likely N-dealkylation sites (tertiary alicyclic amines) is 1. The zero-order valence-electron chi connectivity index (χ0n) is 14.3. The molecule has 134 valence electrons. The molecule has 0 saturated carbocycles.